The SMILES string of the molecule is O=C(CCc1cn[nH]c1)N1CCO[C@H](CO)[C@H]1c1ccccc1. The van der Waals surface area contributed by atoms with E-state index in [4.69, 9.17) is 4.74 Å². The van der Waals surface area contributed by atoms with Gasteiger partial charge < -0.3 is 14.7 Å². The van der Waals surface area contributed by atoms with Crippen LogP contribution >= 0.6 is 0 Å². The maximum Gasteiger partial charge on any atom is 0.223 e. The van der Waals surface area contributed by atoms with Crippen LogP contribution in [0, 0.1) is 0 Å². The molecular weight excluding hydrogens is 294 g/mol. The molecule has 2 atom stereocenters. The molecule has 1 aromatic carbocycles. The molecule has 2 aromatic rings. The molecular formula is C17H21N3O3. The third-order valence-corrected chi connectivity index (χ3v) is 4.18. The molecule has 6 nitrogen and oxygen atoms in total. The highest BCUT2D eigenvalue weighted by Gasteiger charge is 2.35. The zero-order valence-corrected chi connectivity index (χ0v) is 12.9. The van der Waals surface area contributed by atoms with E-state index in [-0.39, 0.29) is 24.7 Å². The van der Waals surface area contributed by atoms with Gasteiger partial charge in [0, 0.05) is 19.2 Å². The second-order valence-corrected chi connectivity index (χ2v) is 5.64. The number of nitrogens with one attached hydrogen (secondary N) is 1. The Kier molecular flexibility index (Phi) is 5.05. The van der Waals surface area contributed by atoms with Crippen molar-refractivity contribution in [2.24, 2.45) is 0 Å². The first kappa shape index (κ1) is 15.7. The number of hydrogen-bond acceptors (Lipinski definition) is 4. The Morgan fingerprint density at radius 3 is 2.91 bits per heavy atom. The Labute approximate surface area is 135 Å². The quantitative estimate of drug-likeness (QED) is 0.872. The molecule has 0 bridgehead atoms. The number of benzene rings is 1. The monoisotopic (exact) mass is 315 g/mol. The molecule has 3 rings (SSSR count). The van der Waals surface area contributed by atoms with E-state index >= 15 is 0 Å². The van der Waals surface area contributed by atoms with E-state index in [2.05, 4.69) is 10.2 Å². The van der Waals surface area contributed by atoms with E-state index < -0.39 is 0 Å². The van der Waals surface area contributed by atoms with Crippen LogP contribution in [0.25, 0.3) is 0 Å². The number of carbonyl (C=O) groups excluding carboxylic acids is 1. The summed E-state index contributed by atoms with van der Waals surface area (Å²) >= 11 is 0. The van der Waals surface area contributed by atoms with Crippen LogP contribution in [0.3, 0.4) is 0 Å². The van der Waals surface area contributed by atoms with Crippen molar-refractivity contribution in [1.29, 1.82) is 0 Å². The predicted molar refractivity (Wildman–Crippen MR) is 84.6 cm³/mol. The summed E-state index contributed by atoms with van der Waals surface area (Å²) in [5.41, 5.74) is 2.00. The topological polar surface area (TPSA) is 78.5 Å². The minimum atomic E-state index is -0.385. The highest BCUT2D eigenvalue weighted by atomic mass is 16.5. The van der Waals surface area contributed by atoms with Gasteiger partial charge in [-0.25, -0.2) is 0 Å². The number of aromatic amines is 1. The van der Waals surface area contributed by atoms with Crippen LogP contribution in [0.2, 0.25) is 0 Å². The lowest BCUT2D eigenvalue weighted by Gasteiger charge is -2.41. The number of aryl methyl sites for hydroxylation is 1. The van der Waals surface area contributed by atoms with Gasteiger partial charge in [-0.3, -0.25) is 9.89 Å². The number of ether oxygens (including phenoxy) is 1. The standard InChI is InChI=1S/C17H21N3O3/c21-12-15-17(14-4-2-1-3-5-14)20(8-9-23-15)16(22)7-6-13-10-18-19-11-13/h1-5,10-11,15,17,21H,6-9,12H2,(H,18,19)/t15-,17-/m1/s1. The van der Waals surface area contributed by atoms with Crippen LogP contribution in [0.4, 0.5) is 0 Å². The first-order valence-electron chi connectivity index (χ1n) is 7.84. The minimum Gasteiger partial charge on any atom is -0.394 e. The molecule has 0 radical (unpaired) electrons. The number of amides is 1. The molecule has 1 aromatic heterocycles. The van der Waals surface area contributed by atoms with Gasteiger partial charge in [-0.2, -0.15) is 5.10 Å². The summed E-state index contributed by atoms with van der Waals surface area (Å²) in [5, 5.41) is 16.3. The Morgan fingerprint density at radius 2 is 2.22 bits per heavy atom. The van der Waals surface area contributed by atoms with E-state index in [1.807, 2.05) is 35.2 Å². The first-order valence-corrected chi connectivity index (χ1v) is 7.84. The third-order valence-electron chi connectivity index (χ3n) is 4.18. The molecule has 0 spiro atoms. The van der Waals surface area contributed by atoms with Gasteiger partial charge in [0.25, 0.3) is 0 Å². The molecule has 1 saturated heterocycles. The van der Waals surface area contributed by atoms with Gasteiger partial charge in [0.1, 0.15) is 6.10 Å². The van der Waals surface area contributed by atoms with Crippen molar-refractivity contribution in [1.82, 2.24) is 15.1 Å². The van der Waals surface area contributed by atoms with Crippen molar-refractivity contribution in [2.45, 2.75) is 25.0 Å². The van der Waals surface area contributed by atoms with Crippen LogP contribution in [0.15, 0.2) is 42.7 Å². The van der Waals surface area contributed by atoms with Gasteiger partial charge in [-0.1, -0.05) is 30.3 Å². The Balaban J connectivity index is 1.75. The summed E-state index contributed by atoms with van der Waals surface area (Å²) in [5.74, 6) is 0.0711. The molecule has 0 saturated carbocycles. The van der Waals surface area contributed by atoms with Crippen LogP contribution in [-0.2, 0) is 16.0 Å². The maximum atomic E-state index is 12.7. The lowest BCUT2D eigenvalue weighted by Crippen LogP contribution is -2.49. The van der Waals surface area contributed by atoms with Gasteiger partial charge in [-0.15, -0.1) is 0 Å². The average molecular weight is 315 g/mol. The molecule has 1 amide bonds. The largest absolute Gasteiger partial charge is 0.394 e. The number of H-pyrrole nitrogens is 1. The van der Waals surface area contributed by atoms with E-state index in [0.717, 1.165) is 11.1 Å². The fraction of sp³-hybridized carbons (Fsp3) is 0.412. The lowest BCUT2D eigenvalue weighted by atomic mass is 9.97. The smallest absolute Gasteiger partial charge is 0.223 e. The normalized spacial score (nSPS) is 21.3. The fourth-order valence-corrected chi connectivity index (χ4v) is 3.02. The van der Waals surface area contributed by atoms with Crippen molar-refractivity contribution >= 4 is 5.91 Å². The molecule has 23 heavy (non-hydrogen) atoms. The molecule has 1 aliphatic heterocycles. The number of hydrogen-bond donors (Lipinski definition) is 2. The van der Waals surface area contributed by atoms with Crippen molar-refractivity contribution < 1.29 is 14.6 Å². The second-order valence-electron chi connectivity index (χ2n) is 5.64. The summed E-state index contributed by atoms with van der Waals surface area (Å²) in [6, 6.07) is 9.51. The van der Waals surface area contributed by atoms with Gasteiger partial charge in [0.05, 0.1) is 25.5 Å². The molecule has 1 fully saturated rings. The molecule has 122 valence electrons. The predicted octanol–water partition coefficient (Wildman–Crippen LogP) is 1.30. The van der Waals surface area contributed by atoms with Crippen LogP contribution < -0.4 is 0 Å². The summed E-state index contributed by atoms with van der Waals surface area (Å²) in [7, 11) is 0. The minimum absolute atomic E-state index is 0.0711. The number of aliphatic hydroxyl groups is 1. The number of nitrogens with zero attached hydrogens (tertiary/aromatic N) is 2. The van der Waals surface area contributed by atoms with Gasteiger partial charge in [0.2, 0.25) is 5.91 Å². The number of carbonyl (C=O) groups is 1. The number of aromatic nitrogens is 2. The number of rotatable bonds is 5. The van der Waals surface area contributed by atoms with Crippen molar-refractivity contribution in [3.05, 3.63) is 53.9 Å². The molecule has 0 unspecified atom stereocenters. The van der Waals surface area contributed by atoms with Crippen molar-refractivity contribution in [3.63, 3.8) is 0 Å². The summed E-state index contributed by atoms with van der Waals surface area (Å²) in [6.45, 7) is 0.886. The van der Waals surface area contributed by atoms with Crippen molar-refractivity contribution in [3.8, 4) is 0 Å². The molecule has 6 heteroatoms. The van der Waals surface area contributed by atoms with Gasteiger partial charge in [-0.05, 0) is 17.5 Å². The van der Waals surface area contributed by atoms with Crippen molar-refractivity contribution in [2.75, 3.05) is 19.8 Å². The Morgan fingerprint density at radius 1 is 1.39 bits per heavy atom. The zero-order chi connectivity index (χ0) is 16.1. The van der Waals surface area contributed by atoms with Crippen LogP contribution in [0.1, 0.15) is 23.6 Å². The molecule has 1 aliphatic rings. The van der Waals surface area contributed by atoms with Crippen LogP contribution in [-0.4, -0.2) is 52.0 Å². The molecule has 2 heterocycles. The van der Waals surface area contributed by atoms with E-state index in [1.165, 1.54) is 0 Å². The highest BCUT2D eigenvalue weighted by Crippen LogP contribution is 2.30. The van der Waals surface area contributed by atoms with E-state index in [1.54, 1.807) is 12.4 Å². The maximum absolute atomic E-state index is 12.7. The Bertz CT molecular complexity index is 615. The fourth-order valence-electron chi connectivity index (χ4n) is 3.02. The number of morpholine rings is 1. The molecule has 2 N–H and O–H groups in total. The average Bonchev–Trinajstić information content (AvgIpc) is 3.13. The van der Waals surface area contributed by atoms with Gasteiger partial charge >= 0.3 is 0 Å². The zero-order valence-electron chi connectivity index (χ0n) is 12.9. The highest BCUT2D eigenvalue weighted by molar-refractivity contribution is 5.77. The Hall–Kier alpha value is -2.18. The third kappa shape index (κ3) is 3.60. The van der Waals surface area contributed by atoms with Gasteiger partial charge in [0.15, 0.2) is 0 Å². The summed E-state index contributed by atoms with van der Waals surface area (Å²) in [6.07, 6.45) is 4.22. The van der Waals surface area contributed by atoms with Crippen LogP contribution in [0.5, 0.6) is 0 Å². The van der Waals surface area contributed by atoms with E-state index in [0.29, 0.717) is 26.0 Å². The second kappa shape index (κ2) is 7.39. The first-order chi connectivity index (χ1) is 11.3. The summed E-state index contributed by atoms with van der Waals surface area (Å²) < 4.78 is 5.67. The van der Waals surface area contributed by atoms with E-state index in [9.17, 15) is 9.90 Å². The molecule has 0 aliphatic carbocycles. The number of aliphatic hydroxyl groups excluding tert-OH is 1. The lowest BCUT2D eigenvalue weighted by molar-refractivity contribution is -0.149. The summed E-state index contributed by atoms with van der Waals surface area (Å²) in [4.78, 5) is 14.5.